The van der Waals surface area contributed by atoms with Gasteiger partial charge in [-0.1, -0.05) is 26.8 Å². The van der Waals surface area contributed by atoms with E-state index in [2.05, 4.69) is 16.9 Å². The number of fused-ring (bicyclic) bond motifs is 1. The smallest absolute Gasteiger partial charge is 0.222 e. The van der Waals surface area contributed by atoms with Crippen LogP contribution in [0.3, 0.4) is 0 Å². The predicted molar refractivity (Wildman–Crippen MR) is 69.1 cm³/mol. The summed E-state index contributed by atoms with van der Waals surface area (Å²) in [7, 11) is 0. The van der Waals surface area contributed by atoms with Crippen LogP contribution >= 0.6 is 0 Å². The lowest BCUT2D eigenvalue weighted by Crippen LogP contribution is -2.00. The van der Waals surface area contributed by atoms with Crippen molar-refractivity contribution in [2.75, 3.05) is 11.5 Å². The van der Waals surface area contributed by atoms with E-state index in [1.807, 2.05) is 32.0 Å². The second kappa shape index (κ2) is 5.30. The van der Waals surface area contributed by atoms with Crippen LogP contribution in [0.4, 0.5) is 11.8 Å². The predicted octanol–water partition coefficient (Wildman–Crippen LogP) is 2.38. The van der Waals surface area contributed by atoms with E-state index in [0.717, 1.165) is 17.3 Å². The van der Waals surface area contributed by atoms with Gasteiger partial charge in [0.1, 0.15) is 5.82 Å². The zero-order valence-electron chi connectivity index (χ0n) is 9.99. The molecule has 4 heteroatoms. The number of benzene rings is 1. The van der Waals surface area contributed by atoms with Gasteiger partial charge in [0.2, 0.25) is 5.95 Å². The summed E-state index contributed by atoms with van der Waals surface area (Å²) in [5.41, 5.74) is 13.3. The average molecular weight is 218 g/mol. The maximum atomic E-state index is 5.75. The maximum Gasteiger partial charge on any atom is 0.222 e. The lowest BCUT2D eigenvalue weighted by Gasteiger charge is -2.03. The van der Waals surface area contributed by atoms with Crippen molar-refractivity contribution in [3.63, 3.8) is 0 Å². The Kier molecular flexibility index (Phi) is 4.05. The largest absolute Gasteiger partial charge is 0.383 e. The van der Waals surface area contributed by atoms with Crippen LogP contribution in [0.15, 0.2) is 18.2 Å². The van der Waals surface area contributed by atoms with E-state index < -0.39 is 0 Å². The van der Waals surface area contributed by atoms with E-state index in [4.69, 9.17) is 11.5 Å². The molecular weight excluding hydrogens is 200 g/mol. The zero-order valence-corrected chi connectivity index (χ0v) is 9.99. The van der Waals surface area contributed by atoms with E-state index in [0.29, 0.717) is 5.82 Å². The molecule has 86 valence electrons. The molecule has 2 rings (SSSR count). The third-order valence-electron chi connectivity index (χ3n) is 2.22. The molecule has 4 nitrogen and oxygen atoms in total. The normalized spacial score (nSPS) is 9.69. The first-order valence-electron chi connectivity index (χ1n) is 5.52. The van der Waals surface area contributed by atoms with E-state index in [9.17, 15) is 0 Å². The fourth-order valence-corrected chi connectivity index (χ4v) is 1.44. The Hall–Kier alpha value is -1.84. The van der Waals surface area contributed by atoms with Gasteiger partial charge in [-0.05, 0) is 24.1 Å². The second-order valence-electron chi connectivity index (χ2n) is 3.17. The Balaban J connectivity index is 0.000000606. The highest BCUT2D eigenvalue weighted by atomic mass is 15.0. The molecule has 0 radical (unpaired) electrons. The van der Waals surface area contributed by atoms with Gasteiger partial charge in [0.25, 0.3) is 0 Å². The zero-order chi connectivity index (χ0) is 12.1. The van der Waals surface area contributed by atoms with Gasteiger partial charge in [-0.2, -0.15) is 4.98 Å². The van der Waals surface area contributed by atoms with Crippen LogP contribution < -0.4 is 11.5 Å². The van der Waals surface area contributed by atoms with Crippen molar-refractivity contribution in [2.24, 2.45) is 0 Å². The van der Waals surface area contributed by atoms with Gasteiger partial charge in [0, 0.05) is 5.39 Å². The number of aromatic nitrogens is 2. The summed E-state index contributed by atoms with van der Waals surface area (Å²) < 4.78 is 0. The first-order valence-corrected chi connectivity index (χ1v) is 5.52. The lowest BCUT2D eigenvalue weighted by molar-refractivity contribution is 1.14. The lowest BCUT2D eigenvalue weighted by atomic mass is 10.1. The molecule has 0 amide bonds. The van der Waals surface area contributed by atoms with E-state index in [1.165, 1.54) is 5.56 Å². The SMILES string of the molecule is CC.CCc1ccc2nc(N)nc(N)c2c1. The Morgan fingerprint density at radius 3 is 2.44 bits per heavy atom. The van der Waals surface area contributed by atoms with Gasteiger partial charge in [-0.3, -0.25) is 0 Å². The molecule has 0 unspecified atom stereocenters. The van der Waals surface area contributed by atoms with Crippen molar-refractivity contribution in [1.82, 2.24) is 9.97 Å². The van der Waals surface area contributed by atoms with E-state index in [1.54, 1.807) is 0 Å². The number of aryl methyl sites for hydroxylation is 1. The number of anilines is 2. The number of nitrogen functional groups attached to an aromatic ring is 2. The molecule has 0 spiro atoms. The number of hydrogen-bond donors (Lipinski definition) is 2. The van der Waals surface area contributed by atoms with Crippen LogP contribution in [0, 0.1) is 0 Å². The molecule has 0 aliphatic rings. The van der Waals surface area contributed by atoms with Crippen molar-refractivity contribution in [3.8, 4) is 0 Å². The molecule has 0 bridgehead atoms. The second-order valence-corrected chi connectivity index (χ2v) is 3.17. The Morgan fingerprint density at radius 2 is 1.81 bits per heavy atom. The average Bonchev–Trinajstić information content (AvgIpc) is 2.31. The summed E-state index contributed by atoms with van der Waals surface area (Å²) in [6, 6.07) is 5.95. The number of nitrogens with two attached hydrogens (primary N) is 2. The third kappa shape index (κ3) is 2.39. The van der Waals surface area contributed by atoms with Crippen molar-refractivity contribution < 1.29 is 0 Å². The summed E-state index contributed by atoms with van der Waals surface area (Å²) in [5, 5.41) is 0.874. The van der Waals surface area contributed by atoms with Crippen LogP contribution in [-0.2, 0) is 6.42 Å². The van der Waals surface area contributed by atoms with E-state index in [-0.39, 0.29) is 5.95 Å². The first kappa shape index (κ1) is 12.2. The summed E-state index contributed by atoms with van der Waals surface area (Å²) in [6.45, 7) is 6.09. The Labute approximate surface area is 95.7 Å². The minimum atomic E-state index is 0.222. The van der Waals surface area contributed by atoms with Gasteiger partial charge in [-0.25, -0.2) is 4.98 Å². The van der Waals surface area contributed by atoms with Crippen LogP contribution in [0.25, 0.3) is 10.9 Å². The van der Waals surface area contributed by atoms with Gasteiger partial charge in [0.15, 0.2) is 0 Å². The minimum absolute atomic E-state index is 0.222. The van der Waals surface area contributed by atoms with Crippen molar-refractivity contribution in [1.29, 1.82) is 0 Å². The van der Waals surface area contributed by atoms with Gasteiger partial charge in [0.05, 0.1) is 5.52 Å². The quantitative estimate of drug-likeness (QED) is 0.770. The molecule has 1 aromatic heterocycles. The molecule has 16 heavy (non-hydrogen) atoms. The molecule has 0 saturated carbocycles. The molecule has 0 aliphatic heterocycles. The van der Waals surface area contributed by atoms with Crippen molar-refractivity contribution in [2.45, 2.75) is 27.2 Å². The molecule has 0 saturated heterocycles. The molecule has 1 heterocycles. The highest BCUT2D eigenvalue weighted by Gasteiger charge is 2.03. The van der Waals surface area contributed by atoms with Crippen molar-refractivity contribution >= 4 is 22.7 Å². The van der Waals surface area contributed by atoms with Crippen LogP contribution in [0.2, 0.25) is 0 Å². The maximum absolute atomic E-state index is 5.75. The van der Waals surface area contributed by atoms with E-state index >= 15 is 0 Å². The summed E-state index contributed by atoms with van der Waals surface area (Å²) >= 11 is 0. The number of nitrogens with zero attached hydrogens (tertiary/aromatic N) is 2. The Morgan fingerprint density at radius 1 is 1.12 bits per heavy atom. The molecule has 0 atom stereocenters. The fraction of sp³-hybridized carbons (Fsp3) is 0.333. The van der Waals surface area contributed by atoms with Crippen LogP contribution in [0.1, 0.15) is 26.3 Å². The summed E-state index contributed by atoms with van der Waals surface area (Å²) in [4.78, 5) is 8.02. The third-order valence-corrected chi connectivity index (χ3v) is 2.22. The van der Waals surface area contributed by atoms with Crippen LogP contribution in [-0.4, -0.2) is 9.97 Å². The van der Waals surface area contributed by atoms with Crippen LogP contribution in [0.5, 0.6) is 0 Å². The van der Waals surface area contributed by atoms with Gasteiger partial charge >= 0.3 is 0 Å². The van der Waals surface area contributed by atoms with Crippen molar-refractivity contribution in [3.05, 3.63) is 23.8 Å². The molecule has 4 N–H and O–H groups in total. The number of rotatable bonds is 1. The molecule has 0 aliphatic carbocycles. The van der Waals surface area contributed by atoms with Gasteiger partial charge in [-0.15, -0.1) is 0 Å². The molecular formula is C12H18N4. The highest BCUT2D eigenvalue weighted by molar-refractivity contribution is 5.89. The standard InChI is InChI=1S/C10H12N4.C2H6/c1-2-6-3-4-8-7(5-6)9(11)14-10(12)13-8;1-2/h3-5H,2H2,1H3,(H4,11,12,13,14);1-2H3. The minimum Gasteiger partial charge on any atom is -0.383 e. The topological polar surface area (TPSA) is 77.8 Å². The molecule has 2 aromatic rings. The fourth-order valence-electron chi connectivity index (χ4n) is 1.44. The Bertz CT molecular complexity index is 480. The summed E-state index contributed by atoms with van der Waals surface area (Å²) in [5.74, 6) is 0.669. The molecule has 1 aromatic carbocycles. The molecule has 0 fully saturated rings. The highest BCUT2D eigenvalue weighted by Crippen LogP contribution is 2.20. The number of hydrogen-bond acceptors (Lipinski definition) is 4. The van der Waals surface area contributed by atoms with Gasteiger partial charge < -0.3 is 11.5 Å². The summed E-state index contributed by atoms with van der Waals surface area (Å²) in [6.07, 6.45) is 0.972. The monoisotopic (exact) mass is 218 g/mol. The first-order chi connectivity index (χ1) is 7.70.